The van der Waals surface area contributed by atoms with E-state index in [0.717, 1.165) is 42.8 Å². The lowest BCUT2D eigenvalue weighted by molar-refractivity contribution is -0.187. The summed E-state index contributed by atoms with van der Waals surface area (Å²) in [5, 5.41) is 1.22. The average Bonchev–Trinajstić information content (AvgIpc) is 3.40. The van der Waals surface area contributed by atoms with Crippen LogP contribution in [0.1, 0.15) is 35.7 Å². The molecule has 4 heterocycles. The number of carbonyl (C=O) groups excluding carboxylic acids is 2. The van der Waals surface area contributed by atoms with Crippen LogP contribution in [-0.4, -0.2) is 80.5 Å². The molecule has 2 fully saturated rings. The fourth-order valence-electron chi connectivity index (χ4n) is 7.35. The Morgan fingerprint density at radius 2 is 1.93 bits per heavy atom. The molecule has 1 aliphatic carbocycles. The van der Waals surface area contributed by atoms with Gasteiger partial charge in [-0.2, -0.15) is 0 Å². The van der Waals surface area contributed by atoms with Crippen LogP contribution in [0.5, 0.6) is 11.6 Å². The topological polar surface area (TPSA) is 112 Å². The van der Waals surface area contributed by atoms with Crippen LogP contribution < -0.4 is 9.47 Å². The zero-order valence-corrected chi connectivity index (χ0v) is 24.4. The van der Waals surface area contributed by atoms with E-state index >= 15 is 0 Å². The Kier molecular flexibility index (Phi) is 7.92. The van der Waals surface area contributed by atoms with Gasteiger partial charge in [-0.25, -0.2) is 9.78 Å². The first-order valence-corrected chi connectivity index (χ1v) is 14.4. The first kappa shape index (κ1) is 28.2. The second-order valence-electron chi connectivity index (χ2n) is 11.3. The molecule has 222 valence electrons. The summed E-state index contributed by atoms with van der Waals surface area (Å²) in [4.78, 5) is 36.5. The van der Waals surface area contributed by atoms with Crippen LogP contribution in [0.2, 0.25) is 0 Å². The molecule has 3 aromatic rings. The largest absolute Gasteiger partial charge is 0.497 e. The summed E-state index contributed by atoms with van der Waals surface area (Å²) >= 11 is 0. The number of aromatic nitrogens is 2. The van der Waals surface area contributed by atoms with Crippen molar-refractivity contribution in [3.8, 4) is 11.6 Å². The molecule has 6 rings (SSSR count). The number of carbonyl (C=O) groups is 2. The molecular weight excluding hydrogens is 538 g/mol. The Morgan fingerprint density at radius 1 is 1.07 bits per heavy atom. The quantitative estimate of drug-likeness (QED) is 0.331. The van der Waals surface area contributed by atoms with Gasteiger partial charge in [0.05, 0.1) is 33.3 Å². The number of rotatable bonds is 7. The van der Waals surface area contributed by atoms with Crippen molar-refractivity contribution in [3.63, 3.8) is 0 Å². The van der Waals surface area contributed by atoms with E-state index in [-0.39, 0.29) is 23.8 Å². The Balaban J connectivity index is 1.24. The number of benzene rings is 1. The molecule has 1 aromatic carbocycles. The molecule has 0 unspecified atom stereocenters. The van der Waals surface area contributed by atoms with Crippen molar-refractivity contribution in [2.45, 2.75) is 37.5 Å². The zero-order valence-electron chi connectivity index (χ0n) is 24.4. The van der Waals surface area contributed by atoms with Gasteiger partial charge in [0, 0.05) is 61.2 Å². The fraction of sp³-hybridized carbons (Fsp3) is 0.469. The first-order chi connectivity index (χ1) is 20.4. The molecule has 0 radical (unpaired) electrons. The second kappa shape index (κ2) is 11.8. The maximum atomic E-state index is 13.3. The Labute approximate surface area is 244 Å². The van der Waals surface area contributed by atoms with Gasteiger partial charge in [-0.1, -0.05) is 0 Å². The lowest BCUT2D eigenvalue weighted by Gasteiger charge is -2.52. The molecule has 2 aromatic heterocycles. The van der Waals surface area contributed by atoms with Crippen LogP contribution in [0.25, 0.3) is 17.0 Å². The Bertz CT molecular complexity index is 1500. The molecule has 1 saturated heterocycles. The smallest absolute Gasteiger partial charge is 0.331 e. The van der Waals surface area contributed by atoms with Crippen molar-refractivity contribution < 1.29 is 33.3 Å². The van der Waals surface area contributed by atoms with Gasteiger partial charge < -0.3 is 28.7 Å². The number of esters is 2. The number of aromatic amines is 1. The number of pyridine rings is 1. The summed E-state index contributed by atoms with van der Waals surface area (Å²) in [7, 11) is 6.19. The standard InChI is InChI=1S/C32H37N3O7/c1-38-20-6-7-21-22-10-12-35-17-19-14-26(42-28(36)8-5-18-9-11-33-27(13-18)39-2)31(40-3)29(32(37)41-4)23(19)16-25(35)30(22)34-24(21)15-20/h5-9,11,13,15,19,23,25-26,29,31,34H,10,12,14,16-17H2,1-4H3/t19-,23+,25-,26-,29+,31+/m1/s1. The molecule has 6 atom stereocenters. The van der Waals surface area contributed by atoms with E-state index in [9.17, 15) is 9.59 Å². The van der Waals surface area contributed by atoms with Gasteiger partial charge in [0.15, 0.2) is 0 Å². The summed E-state index contributed by atoms with van der Waals surface area (Å²) < 4.78 is 27.8. The monoisotopic (exact) mass is 575 g/mol. The summed E-state index contributed by atoms with van der Waals surface area (Å²) in [5.41, 5.74) is 4.38. The Morgan fingerprint density at radius 3 is 2.69 bits per heavy atom. The van der Waals surface area contributed by atoms with E-state index in [0.29, 0.717) is 12.3 Å². The van der Waals surface area contributed by atoms with Crippen LogP contribution in [-0.2, 0) is 30.2 Å². The van der Waals surface area contributed by atoms with Gasteiger partial charge in [0.2, 0.25) is 5.88 Å². The van der Waals surface area contributed by atoms with E-state index in [2.05, 4.69) is 20.9 Å². The van der Waals surface area contributed by atoms with Crippen molar-refractivity contribution in [3.05, 3.63) is 59.4 Å². The van der Waals surface area contributed by atoms with E-state index in [1.807, 2.05) is 12.1 Å². The van der Waals surface area contributed by atoms with E-state index in [1.54, 1.807) is 38.6 Å². The van der Waals surface area contributed by atoms with Gasteiger partial charge in [0.1, 0.15) is 18.0 Å². The zero-order chi connectivity index (χ0) is 29.4. The maximum absolute atomic E-state index is 13.3. The van der Waals surface area contributed by atoms with Crippen molar-refractivity contribution in [2.24, 2.45) is 17.8 Å². The fourth-order valence-corrected chi connectivity index (χ4v) is 7.35. The van der Waals surface area contributed by atoms with Gasteiger partial charge in [-0.15, -0.1) is 0 Å². The molecule has 42 heavy (non-hydrogen) atoms. The predicted molar refractivity (Wildman–Crippen MR) is 155 cm³/mol. The van der Waals surface area contributed by atoms with Crippen LogP contribution in [0.3, 0.4) is 0 Å². The van der Waals surface area contributed by atoms with Crippen LogP contribution >= 0.6 is 0 Å². The number of nitrogens with zero attached hydrogens (tertiary/aromatic N) is 2. The van der Waals surface area contributed by atoms with Gasteiger partial charge in [-0.3, -0.25) is 9.69 Å². The lowest BCUT2D eigenvalue weighted by atomic mass is 9.63. The van der Waals surface area contributed by atoms with Crippen LogP contribution in [0.15, 0.2) is 42.6 Å². The number of piperidine rings is 1. The van der Waals surface area contributed by atoms with Gasteiger partial charge in [-0.05, 0) is 66.5 Å². The average molecular weight is 576 g/mol. The van der Waals surface area contributed by atoms with Crippen molar-refractivity contribution in [2.75, 3.05) is 41.5 Å². The highest BCUT2D eigenvalue weighted by Crippen LogP contribution is 2.50. The summed E-state index contributed by atoms with van der Waals surface area (Å²) in [6, 6.07) is 9.82. The maximum Gasteiger partial charge on any atom is 0.331 e. The molecule has 0 amide bonds. The summed E-state index contributed by atoms with van der Waals surface area (Å²) in [6.07, 6.45) is 5.80. The number of nitrogens with one attached hydrogen (secondary N) is 1. The van der Waals surface area contributed by atoms with E-state index in [4.69, 9.17) is 23.7 Å². The molecular formula is C32H37N3O7. The molecule has 1 saturated carbocycles. The first-order valence-electron chi connectivity index (χ1n) is 14.4. The number of ether oxygens (including phenoxy) is 5. The number of fused-ring (bicyclic) bond motifs is 6. The third kappa shape index (κ3) is 5.13. The highest BCUT2D eigenvalue weighted by Gasteiger charge is 2.54. The highest BCUT2D eigenvalue weighted by molar-refractivity contribution is 5.87. The number of H-pyrrole nitrogens is 1. The minimum Gasteiger partial charge on any atom is -0.497 e. The minimum absolute atomic E-state index is 0.0188. The Hall–Kier alpha value is -3.89. The predicted octanol–water partition coefficient (Wildman–Crippen LogP) is 3.95. The second-order valence-corrected chi connectivity index (χ2v) is 11.3. The number of hydrogen-bond donors (Lipinski definition) is 1. The van der Waals surface area contributed by atoms with Crippen LogP contribution in [0.4, 0.5) is 0 Å². The normalized spacial score (nSPS) is 27.1. The number of hydrogen-bond acceptors (Lipinski definition) is 9. The molecule has 3 aliphatic rings. The van der Waals surface area contributed by atoms with Crippen LogP contribution in [0, 0.1) is 17.8 Å². The highest BCUT2D eigenvalue weighted by atomic mass is 16.6. The SMILES string of the molecule is COC(=O)[C@H]1[C@H]2C[C@@H]3c4[nH]c5cc(OC)ccc5c4CCN3C[C@H]2C[C@@H](OC(=O)C=Cc2ccnc(OC)c2)[C@@H]1OC. The molecule has 0 spiro atoms. The third-order valence-corrected chi connectivity index (χ3v) is 9.25. The molecule has 1 N–H and O–H groups in total. The van der Waals surface area contributed by atoms with Crippen molar-refractivity contribution >= 4 is 28.9 Å². The van der Waals surface area contributed by atoms with Gasteiger partial charge in [0.25, 0.3) is 0 Å². The molecule has 10 heteroatoms. The molecule has 2 aliphatic heterocycles. The van der Waals surface area contributed by atoms with E-state index in [1.165, 1.54) is 36.9 Å². The molecule has 10 nitrogen and oxygen atoms in total. The van der Waals surface area contributed by atoms with E-state index < -0.39 is 24.1 Å². The summed E-state index contributed by atoms with van der Waals surface area (Å²) in [5.74, 6) is 0.0595. The van der Waals surface area contributed by atoms with Gasteiger partial charge >= 0.3 is 11.9 Å². The molecule has 0 bridgehead atoms. The minimum atomic E-state index is -0.612. The van der Waals surface area contributed by atoms with Crippen molar-refractivity contribution in [1.82, 2.24) is 14.9 Å². The van der Waals surface area contributed by atoms with Crippen molar-refractivity contribution in [1.29, 1.82) is 0 Å². The lowest BCUT2D eigenvalue weighted by Crippen LogP contribution is -2.58. The third-order valence-electron chi connectivity index (χ3n) is 9.25. The number of methoxy groups -OCH3 is 4. The summed E-state index contributed by atoms with van der Waals surface area (Å²) in [6.45, 7) is 1.73.